The average Bonchev–Trinajstić information content (AvgIpc) is 3.37. The molecular formula is C29H33FN2O5. The number of esters is 1. The maximum atomic E-state index is 13.8. The van der Waals surface area contributed by atoms with Crippen LogP contribution in [-0.2, 0) is 29.2 Å². The molecule has 1 amide bonds. The molecular weight excluding hydrogens is 475 g/mol. The fraction of sp³-hybridized carbons (Fsp3) is 0.379. The van der Waals surface area contributed by atoms with Crippen molar-refractivity contribution in [2.24, 2.45) is 5.92 Å². The summed E-state index contributed by atoms with van der Waals surface area (Å²) in [5.41, 5.74) is 1.89. The largest absolute Gasteiger partial charge is 0.497 e. The molecule has 1 aliphatic rings. The lowest BCUT2D eigenvalue weighted by Gasteiger charge is -2.30. The number of rotatable bonds is 10. The molecule has 8 heteroatoms. The Labute approximate surface area is 216 Å². The minimum absolute atomic E-state index is 0.163. The Morgan fingerprint density at radius 3 is 2.38 bits per heavy atom. The van der Waals surface area contributed by atoms with Crippen molar-refractivity contribution in [2.45, 2.75) is 39.4 Å². The van der Waals surface area contributed by atoms with Crippen molar-refractivity contribution in [3.63, 3.8) is 0 Å². The Hall–Kier alpha value is -3.65. The topological polar surface area (TPSA) is 72.2 Å². The number of likely N-dealkylation sites (tertiary alicyclic amines) is 1. The van der Waals surface area contributed by atoms with Crippen LogP contribution in [-0.4, -0.2) is 48.5 Å². The summed E-state index contributed by atoms with van der Waals surface area (Å²) in [6.07, 6.45) is 1.17. The summed E-state index contributed by atoms with van der Waals surface area (Å²) >= 11 is 0. The fourth-order valence-electron chi connectivity index (χ4n) is 4.62. The molecule has 0 saturated carbocycles. The molecule has 0 radical (unpaired) electrons. The van der Waals surface area contributed by atoms with Gasteiger partial charge in [-0.25, -0.2) is 4.39 Å². The maximum absolute atomic E-state index is 13.8. The third-order valence-electron chi connectivity index (χ3n) is 6.49. The van der Waals surface area contributed by atoms with E-state index in [9.17, 15) is 14.0 Å². The van der Waals surface area contributed by atoms with Crippen LogP contribution >= 0.6 is 0 Å². The lowest BCUT2D eigenvalue weighted by Crippen LogP contribution is -2.40. The molecule has 0 spiro atoms. The van der Waals surface area contributed by atoms with E-state index >= 15 is 0 Å². The van der Waals surface area contributed by atoms with Gasteiger partial charge in [0, 0.05) is 26.2 Å². The Kier molecular flexibility index (Phi) is 8.95. The van der Waals surface area contributed by atoms with E-state index in [2.05, 4.69) is 4.90 Å². The molecule has 1 saturated heterocycles. The smallest absolute Gasteiger partial charge is 0.309 e. The van der Waals surface area contributed by atoms with Crippen LogP contribution in [0.2, 0.25) is 0 Å². The summed E-state index contributed by atoms with van der Waals surface area (Å²) in [5.74, 6) is 0.865. The van der Waals surface area contributed by atoms with Crippen molar-refractivity contribution in [1.82, 2.24) is 9.80 Å². The molecule has 1 aromatic heterocycles. The summed E-state index contributed by atoms with van der Waals surface area (Å²) in [4.78, 5) is 28.9. The van der Waals surface area contributed by atoms with Crippen LogP contribution in [0.4, 0.5) is 4.39 Å². The first-order valence-corrected chi connectivity index (χ1v) is 12.6. The summed E-state index contributed by atoms with van der Waals surface area (Å²) in [6.45, 7) is 4.65. The number of ether oxygens (including phenoxy) is 2. The van der Waals surface area contributed by atoms with Crippen LogP contribution in [0.1, 0.15) is 47.2 Å². The second-order valence-corrected chi connectivity index (χ2v) is 9.21. The number of hydrogen-bond acceptors (Lipinski definition) is 6. The van der Waals surface area contributed by atoms with E-state index in [1.165, 1.54) is 12.1 Å². The van der Waals surface area contributed by atoms with E-state index in [-0.39, 0.29) is 29.4 Å². The monoisotopic (exact) mass is 508 g/mol. The Balaban J connectivity index is 1.43. The second kappa shape index (κ2) is 12.5. The number of furan rings is 1. The molecule has 0 bridgehead atoms. The van der Waals surface area contributed by atoms with Gasteiger partial charge in [-0.3, -0.25) is 14.5 Å². The molecule has 37 heavy (non-hydrogen) atoms. The number of nitrogens with zero attached hydrogens (tertiary/aromatic N) is 2. The fourth-order valence-corrected chi connectivity index (χ4v) is 4.62. The predicted octanol–water partition coefficient (Wildman–Crippen LogP) is 5.05. The van der Waals surface area contributed by atoms with E-state index in [0.717, 1.165) is 16.9 Å². The Bertz CT molecular complexity index is 1200. The number of piperidine rings is 1. The summed E-state index contributed by atoms with van der Waals surface area (Å²) in [6, 6.07) is 17.8. The predicted molar refractivity (Wildman–Crippen MR) is 136 cm³/mol. The third kappa shape index (κ3) is 7.20. The van der Waals surface area contributed by atoms with Crippen LogP contribution in [0.25, 0.3) is 0 Å². The number of benzene rings is 2. The molecule has 0 atom stereocenters. The van der Waals surface area contributed by atoms with Gasteiger partial charge in [-0.15, -0.1) is 0 Å². The van der Waals surface area contributed by atoms with Crippen molar-refractivity contribution in [3.8, 4) is 5.75 Å². The van der Waals surface area contributed by atoms with Crippen molar-refractivity contribution >= 4 is 11.9 Å². The number of carbonyl (C=O) groups is 2. The molecule has 7 nitrogen and oxygen atoms in total. The Morgan fingerprint density at radius 1 is 1.00 bits per heavy atom. The van der Waals surface area contributed by atoms with Crippen molar-refractivity contribution in [3.05, 3.63) is 89.1 Å². The standard InChI is InChI=1S/C29H33FN2O5/c1-3-36-29(34)23-12-14-32(15-13-23)28(33)27-11-10-26(37-27)20-31(18-21-6-4-8-24(30)16-21)19-22-7-5-9-25(17-22)35-2/h4-11,16-17,23H,3,12-15,18-20H2,1-2H3. The van der Waals surface area contributed by atoms with Gasteiger partial charge < -0.3 is 18.8 Å². The first-order valence-electron chi connectivity index (χ1n) is 12.6. The lowest BCUT2D eigenvalue weighted by atomic mass is 9.97. The molecule has 0 N–H and O–H groups in total. The molecule has 2 heterocycles. The molecule has 0 unspecified atom stereocenters. The van der Waals surface area contributed by atoms with Gasteiger partial charge in [-0.05, 0) is 67.3 Å². The highest BCUT2D eigenvalue weighted by molar-refractivity contribution is 5.91. The molecule has 4 rings (SSSR count). The van der Waals surface area contributed by atoms with Gasteiger partial charge in [0.25, 0.3) is 5.91 Å². The highest BCUT2D eigenvalue weighted by atomic mass is 19.1. The normalized spacial score (nSPS) is 14.1. The Morgan fingerprint density at radius 2 is 1.70 bits per heavy atom. The van der Waals surface area contributed by atoms with Crippen molar-refractivity contribution < 1.29 is 27.9 Å². The van der Waals surface area contributed by atoms with Gasteiger partial charge in [-0.2, -0.15) is 0 Å². The quantitative estimate of drug-likeness (QED) is 0.357. The van der Waals surface area contributed by atoms with Crippen LogP contribution in [0.5, 0.6) is 5.75 Å². The highest BCUT2D eigenvalue weighted by Gasteiger charge is 2.29. The van der Waals surface area contributed by atoms with E-state index in [0.29, 0.717) is 57.9 Å². The summed E-state index contributed by atoms with van der Waals surface area (Å²) in [7, 11) is 1.63. The number of carbonyl (C=O) groups excluding carboxylic acids is 2. The minimum atomic E-state index is -0.281. The molecule has 0 aliphatic carbocycles. The highest BCUT2D eigenvalue weighted by Crippen LogP contribution is 2.23. The zero-order valence-corrected chi connectivity index (χ0v) is 21.3. The van der Waals surface area contributed by atoms with Gasteiger partial charge in [0.15, 0.2) is 5.76 Å². The van der Waals surface area contributed by atoms with Gasteiger partial charge in [-0.1, -0.05) is 24.3 Å². The number of methoxy groups -OCH3 is 1. The van der Waals surface area contributed by atoms with Gasteiger partial charge >= 0.3 is 5.97 Å². The first kappa shape index (κ1) is 26.4. The molecule has 3 aromatic rings. The van der Waals surface area contributed by atoms with Crippen LogP contribution in [0.15, 0.2) is 65.1 Å². The van der Waals surface area contributed by atoms with E-state index in [1.54, 1.807) is 31.1 Å². The van der Waals surface area contributed by atoms with E-state index in [4.69, 9.17) is 13.9 Å². The number of halogens is 1. The van der Waals surface area contributed by atoms with E-state index < -0.39 is 0 Å². The number of hydrogen-bond donors (Lipinski definition) is 0. The average molecular weight is 509 g/mol. The summed E-state index contributed by atoms with van der Waals surface area (Å²) in [5, 5.41) is 0. The molecule has 1 fully saturated rings. The second-order valence-electron chi connectivity index (χ2n) is 9.21. The van der Waals surface area contributed by atoms with Crippen LogP contribution in [0.3, 0.4) is 0 Å². The van der Waals surface area contributed by atoms with Gasteiger partial charge in [0.1, 0.15) is 17.3 Å². The minimum Gasteiger partial charge on any atom is -0.497 e. The lowest BCUT2D eigenvalue weighted by molar-refractivity contribution is -0.149. The summed E-state index contributed by atoms with van der Waals surface area (Å²) < 4.78 is 30.3. The van der Waals surface area contributed by atoms with Crippen molar-refractivity contribution in [1.29, 1.82) is 0 Å². The zero-order chi connectivity index (χ0) is 26.2. The van der Waals surface area contributed by atoms with Crippen molar-refractivity contribution in [2.75, 3.05) is 26.8 Å². The van der Waals surface area contributed by atoms with Gasteiger partial charge in [0.05, 0.1) is 26.2 Å². The maximum Gasteiger partial charge on any atom is 0.309 e. The van der Waals surface area contributed by atoms with E-state index in [1.807, 2.05) is 36.4 Å². The van der Waals surface area contributed by atoms with Crippen LogP contribution < -0.4 is 4.74 Å². The van der Waals surface area contributed by atoms with Crippen LogP contribution in [0, 0.1) is 11.7 Å². The molecule has 2 aromatic carbocycles. The van der Waals surface area contributed by atoms with Gasteiger partial charge in [0.2, 0.25) is 0 Å². The molecule has 196 valence electrons. The SMILES string of the molecule is CCOC(=O)C1CCN(C(=O)c2ccc(CN(Cc3cccc(F)c3)Cc3cccc(OC)c3)o2)CC1. The number of amides is 1. The first-order chi connectivity index (χ1) is 17.9. The zero-order valence-electron chi connectivity index (χ0n) is 21.3. The molecule has 1 aliphatic heterocycles. The third-order valence-corrected chi connectivity index (χ3v) is 6.49.